The highest BCUT2D eigenvalue weighted by Crippen LogP contribution is 2.09. The summed E-state index contributed by atoms with van der Waals surface area (Å²) in [6.45, 7) is 5.93. The van der Waals surface area contributed by atoms with E-state index in [0.717, 1.165) is 5.56 Å². The molecular weight excluding hydrogens is 208 g/mol. The third-order valence-electron chi connectivity index (χ3n) is 2.31. The largest absolute Gasteiger partial charge is 0.289 e. The van der Waals surface area contributed by atoms with E-state index >= 15 is 0 Å². The van der Waals surface area contributed by atoms with Crippen molar-refractivity contribution >= 4 is 5.78 Å². The van der Waals surface area contributed by atoms with Crippen LogP contribution in [0.2, 0.25) is 0 Å². The normalized spacial score (nSPS) is 11.6. The van der Waals surface area contributed by atoms with Crippen LogP contribution in [0.15, 0.2) is 65.8 Å². The molecule has 0 saturated heterocycles. The first-order chi connectivity index (χ1) is 8.15. The summed E-state index contributed by atoms with van der Waals surface area (Å²) in [5, 5.41) is 0. The van der Waals surface area contributed by atoms with Crippen molar-refractivity contribution in [2.45, 2.75) is 20.8 Å². The number of allylic oxidation sites excluding steroid dienone is 6. The summed E-state index contributed by atoms with van der Waals surface area (Å²) >= 11 is 0. The Morgan fingerprint density at radius 1 is 1.12 bits per heavy atom. The lowest BCUT2D eigenvalue weighted by Gasteiger charge is -2.00. The number of benzene rings is 1. The van der Waals surface area contributed by atoms with Gasteiger partial charge in [0.2, 0.25) is 0 Å². The van der Waals surface area contributed by atoms with Crippen molar-refractivity contribution in [2.24, 2.45) is 0 Å². The minimum atomic E-state index is 0.0616. The zero-order chi connectivity index (χ0) is 12.7. The van der Waals surface area contributed by atoms with Crippen molar-refractivity contribution < 1.29 is 4.79 Å². The predicted octanol–water partition coefficient (Wildman–Crippen LogP) is 4.34. The van der Waals surface area contributed by atoms with Crippen molar-refractivity contribution in [3.8, 4) is 0 Å². The topological polar surface area (TPSA) is 17.1 Å². The van der Waals surface area contributed by atoms with Crippen LogP contribution in [0.1, 0.15) is 31.1 Å². The average Bonchev–Trinajstić information content (AvgIpc) is 2.34. The minimum Gasteiger partial charge on any atom is -0.289 e. The van der Waals surface area contributed by atoms with E-state index in [-0.39, 0.29) is 5.78 Å². The molecule has 0 radical (unpaired) electrons. The monoisotopic (exact) mass is 226 g/mol. The number of rotatable bonds is 4. The maximum atomic E-state index is 12.1. The summed E-state index contributed by atoms with van der Waals surface area (Å²) in [7, 11) is 0. The standard InChI is InChI=1S/C16H18O/c1-4-14(12-8-9-13(2)3)16(17)15-10-6-5-7-11-15/h4-12H,1-3H3/b12-8-,14-4+. The van der Waals surface area contributed by atoms with Gasteiger partial charge in [0, 0.05) is 11.1 Å². The van der Waals surface area contributed by atoms with Gasteiger partial charge in [0.25, 0.3) is 0 Å². The Bertz CT molecular complexity index is 458. The number of hydrogen-bond acceptors (Lipinski definition) is 1. The smallest absolute Gasteiger partial charge is 0.192 e. The van der Waals surface area contributed by atoms with Gasteiger partial charge in [0.05, 0.1) is 0 Å². The molecule has 0 unspecified atom stereocenters. The van der Waals surface area contributed by atoms with E-state index in [4.69, 9.17) is 0 Å². The second-order valence-electron chi connectivity index (χ2n) is 4.04. The lowest BCUT2D eigenvalue weighted by Crippen LogP contribution is -2.00. The maximum Gasteiger partial charge on any atom is 0.192 e. The SMILES string of the molecule is C/C=C(\C=C/C=C(C)C)C(=O)c1ccccc1. The van der Waals surface area contributed by atoms with Gasteiger partial charge in [-0.25, -0.2) is 0 Å². The van der Waals surface area contributed by atoms with E-state index in [1.54, 1.807) is 0 Å². The number of carbonyl (C=O) groups excluding carboxylic acids is 1. The summed E-state index contributed by atoms with van der Waals surface area (Å²) in [6, 6.07) is 9.33. The van der Waals surface area contributed by atoms with Crippen molar-refractivity contribution in [1.82, 2.24) is 0 Å². The first-order valence-corrected chi connectivity index (χ1v) is 5.72. The Kier molecular flexibility index (Phi) is 5.15. The van der Waals surface area contributed by atoms with Gasteiger partial charge in [-0.05, 0) is 20.8 Å². The fourth-order valence-electron chi connectivity index (χ4n) is 1.40. The molecule has 88 valence electrons. The molecule has 0 heterocycles. The molecule has 0 atom stereocenters. The molecule has 17 heavy (non-hydrogen) atoms. The molecule has 1 rings (SSSR count). The van der Waals surface area contributed by atoms with E-state index in [2.05, 4.69) is 0 Å². The molecule has 0 aliphatic carbocycles. The Labute approximate surface area is 103 Å². The fraction of sp³-hybridized carbons (Fsp3) is 0.188. The quantitative estimate of drug-likeness (QED) is 0.424. The molecule has 1 aromatic carbocycles. The van der Waals surface area contributed by atoms with Gasteiger partial charge in [0.15, 0.2) is 5.78 Å². The van der Waals surface area contributed by atoms with Gasteiger partial charge in [0.1, 0.15) is 0 Å². The van der Waals surface area contributed by atoms with Crippen molar-refractivity contribution in [1.29, 1.82) is 0 Å². The molecule has 1 aromatic rings. The molecule has 0 saturated carbocycles. The van der Waals surface area contributed by atoms with E-state index in [0.29, 0.717) is 5.57 Å². The van der Waals surface area contributed by atoms with Crippen LogP contribution in [0.3, 0.4) is 0 Å². The van der Waals surface area contributed by atoms with Crippen molar-refractivity contribution in [2.75, 3.05) is 0 Å². The minimum absolute atomic E-state index is 0.0616. The Balaban J connectivity index is 2.87. The number of ketones is 1. The molecule has 0 aromatic heterocycles. The molecule has 0 N–H and O–H groups in total. The zero-order valence-corrected chi connectivity index (χ0v) is 10.6. The molecular formula is C16H18O. The van der Waals surface area contributed by atoms with Gasteiger partial charge in [-0.15, -0.1) is 0 Å². The number of carbonyl (C=O) groups is 1. The third kappa shape index (κ3) is 4.23. The van der Waals surface area contributed by atoms with Gasteiger partial charge in [-0.1, -0.05) is 60.2 Å². The van der Waals surface area contributed by atoms with Crippen LogP contribution >= 0.6 is 0 Å². The Morgan fingerprint density at radius 2 is 1.76 bits per heavy atom. The van der Waals surface area contributed by atoms with Crippen molar-refractivity contribution in [3.63, 3.8) is 0 Å². The molecule has 0 spiro atoms. The molecule has 0 fully saturated rings. The zero-order valence-electron chi connectivity index (χ0n) is 10.6. The maximum absolute atomic E-state index is 12.1. The molecule has 1 heteroatoms. The molecule has 0 bridgehead atoms. The van der Waals surface area contributed by atoms with Crippen LogP contribution in [0.4, 0.5) is 0 Å². The first-order valence-electron chi connectivity index (χ1n) is 5.72. The molecule has 0 aliphatic rings. The summed E-state index contributed by atoms with van der Waals surface area (Å²) in [5.41, 5.74) is 2.65. The van der Waals surface area contributed by atoms with Crippen LogP contribution in [0.5, 0.6) is 0 Å². The predicted molar refractivity (Wildman–Crippen MR) is 73.1 cm³/mol. The first kappa shape index (κ1) is 13.2. The van der Waals surface area contributed by atoms with E-state index in [1.165, 1.54) is 5.57 Å². The second kappa shape index (κ2) is 6.64. The lowest BCUT2D eigenvalue weighted by atomic mass is 10.0. The number of Topliss-reactive ketones (excluding diaryl/α,β-unsaturated/α-hetero) is 1. The van der Waals surface area contributed by atoms with Crippen LogP contribution in [-0.2, 0) is 0 Å². The van der Waals surface area contributed by atoms with Crippen molar-refractivity contribution in [3.05, 3.63) is 71.3 Å². The van der Waals surface area contributed by atoms with E-state index in [9.17, 15) is 4.79 Å². The van der Waals surface area contributed by atoms with Crippen LogP contribution in [0, 0.1) is 0 Å². The number of hydrogen-bond donors (Lipinski definition) is 0. The summed E-state index contributed by atoms with van der Waals surface area (Å²) < 4.78 is 0. The highest BCUT2D eigenvalue weighted by molar-refractivity contribution is 6.10. The molecule has 0 amide bonds. The highest BCUT2D eigenvalue weighted by Gasteiger charge is 2.07. The Hall–Kier alpha value is -1.89. The summed E-state index contributed by atoms with van der Waals surface area (Å²) in [6.07, 6.45) is 7.58. The summed E-state index contributed by atoms with van der Waals surface area (Å²) in [5.74, 6) is 0.0616. The Morgan fingerprint density at radius 3 is 2.29 bits per heavy atom. The van der Waals surface area contributed by atoms with Crippen LogP contribution in [0.25, 0.3) is 0 Å². The summed E-state index contributed by atoms with van der Waals surface area (Å²) in [4.78, 5) is 12.1. The van der Waals surface area contributed by atoms with Gasteiger partial charge in [-0.2, -0.15) is 0 Å². The van der Waals surface area contributed by atoms with Crippen LogP contribution < -0.4 is 0 Å². The fourth-order valence-corrected chi connectivity index (χ4v) is 1.40. The van der Waals surface area contributed by atoms with Gasteiger partial charge < -0.3 is 0 Å². The third-order valence-corrected chi connectivity index (χ3v) is 2.31. The van der Waals surface area contributed by atoms with Gasteiger partial charge >= 0.3 is 0 Å². The van der Waals surface area contributed by atoms with Gasteiger partial charge in [-0.3, -0.25) is 4.79 Å². The average molecular weight is 226 g/mol. The highest BCUT2D eigenvalue weighted by atomic mass is 16.1. The lowest BCUT2D eigenvalue weighted by molar-refractivity contribution is 0.103. The molecule has 0 aliphatic heterocycles. The van der Waals surface area contributed by atoms with E-state index in [1.807, 2.05) is 75.4 Å². The van der Waals surface area contributed by atoms with E-state index < -0.39 is 0 Å². The molecule has 1 nitrogen and oxygen atoms in total. The van der Waals surface area contributed by atoms with Crippen LogP contribution in [-0.4, -0.2) is 5.78 Å². The second-order valence-corrected chi connectivity index (χ2v) is 4.04.